The summed E-state index contributed by atoms with van der Waals surface area (Å²) in [6.45, 7) is 1.24. The summed E-state index contributed by atoms with van der Waals surface area (Å²) in [5.74, 6) is 0.649. The Morgan fingerprint density at radius 2 is 1.23 bits per heavy atom. The van der Waals surface area contributed by atoms with E-state index in [-0.39, 0.29) is 11.8 Å². The van der Waals surface area contributed by atoms with Gasteiger partial charge in [-0.2, -0.15) is 0 Å². The molecule has 0 aromatic heterocycles. The first-order valence-corrected chi connectivity index (χ1v) is 10.8. The van der Waals surface area contributed by atoms with Crippen LogP contribution in [0.5, 0.6) is 5.75 Å². The molecule has 0 unspecified atom stereocenters. The average molecular weight is 402 g/mol. The van der Waals surface area contributed by atoms with E-state index < -0.39 is 0 Å². The van der Waals surface area contributed by atoms with Gasteiger partial charge in [0, 0.05) is 11.9 Å². The highest BCUT2D eigenvalue weighted by molar-refractivity contribution is 6.21. The fourth-order valence-electron chi connectivity index (χ4n) is 4.02. The van der Waals surface area contributed by atoms with Gasteiger partial charge in [0.15, 0.2) is 0 Å². The second kappa shape index (κ2) is 9.57. The molecule has 0 spiro atoms. The maximum absolute atomic E-state index is 12.3. The van der Waals surface area contributed by atoms with Crippen molar-refractivity contribution in [1.82, 2.24) is 4.90 Å². The van der Waals surface area contributed by atoms with Gasteiger partial charge >= 0.3 is 0 Å². The van der Waals surface area contributed by atoms with Crippen LogP contribution in [-0.4, -0.2) is 29.9 Å². The van der Waals surface area contributed by atoms with Crippen LogP contribution in [0.25, 0.3) is 10.8 Å². The Hall–Kier alpha value is -3.14. The molecule has 1 heterocycles. The second-order valence-electron chi connectivity index (χ2n) is 7.75. The normalized spacial score (nSPS) is 13.1. The third-order valence-electron chi connectivity index (χ3n) is 5.66. The van der Waals surface area contributed by atoms with Crippen molar-refractivity contribution >= 4 is 22.6 Å². The summed E-state index contributed by atoms with van der Waals surface area (Å²) in [7, 11) is 0. The van der Waals surface area contributed by atoms with Gasteiger partial charge in [-0.1, -0.05) is 74.2 Å². The van der Waals surface area contributed by atoms with Gasteiger partial charge in [0.05, 0.1) is 17.7 Å². The van der Waals surface area contributed by atoms with E-state index in [0.717, 1.165) is 56.3 Å². The van der Waals surface area contributed by atoms with E-state index in [1.165, 1.54) is 10.3 Å². The van der Waals surface area contributed by atoms with Crippen molar-refractivity contribution in [2.75, 3.05) is 13.2 Å². The number of imide groups is 1. The number of hydrogen-bond acceptors (Lipinski definition) is 3. The topological polar surface area (TPSA) is 46.6 Å². The molecule has 2 amide bonds. The summed E-state index contributed by atoms with van der Waals surface area (Å²) in [5, 5.41) is 2.36. The minimum Gasteiger partial charge on any atom is -0.493 e. The maximum Gasteiger partial charge on any atom is 0.261 e. The van der Waals surface area contributed by atoms with Gasteiger partial charge in [-0.15, -0.1) is 0 Å². The highest BCUT2D eigenvalue weighted by Crippen LogP contribution is 2.25. The molecule has 1 aliphatic heterocycles. The number of amides is 2. The smallest absolute Gasteiger partial charge is 0.261 e. The van der Waals surface area contributed by atoms with E-state index in [4.69, 9.17) is 4.74 Å². The van der Waals surface area contributed by atoms with Crippen molar-refractivity contribution in [3.63, 3.8) is 0 Å². The van der Waals surface area contributed by atoms with E-state index in [0.29, 0.717) is 17.7 Å². The van der Waals surface area contributed by atoms with E-state index in [9.17, 15) is 9.59 Å². The monoisotopic (exact) mass is 401 g/mol. The number of fused-ring (bicyclic) bond motifs is 2. The zero-order valence-corrected chi connectivity index (χ0v) is 17.2. The fourth-order valence-corrected chi connectivity index (χ4v) is 4.02. The SMILES string of the molecule is O=C1c2ccccc2C(=O)N1CCCCCCCCOc1cccc2ccccc12. The van der Waals surface area contributed by atoms with E-state index in [1.807, 2.05) is 24.3 Å². The Bertz CT molecular complexity index is 1000. The number of carbonyl (C=O) groups excluding carboxylic acids is 2. The standard InChI is InChI=1S/C26H27NO3/c28-25-22-15-7-8-16-23(22)26(29)27(25)18-9-3-1-2-4-10-19-30-24-17-11-13-20-12-5-6-14-21(20)24/h5-8,11-17H,1-4,9-10,18-19H2. The lowest BCUT2D eigenvalue weighted by Crippen LogP contribution is -2.30. The first-order chi connectivity index (χ1) is 14.8. The van der Waals surface area contributed by atoms with Crippen molar-refractivity contribution in [3.8, 4) is 5.75 Å². The van der Waals surface area contributed by atoms with E-state index in [2.05, 4.69) is 18.2 Å². The molecular formula is C26H27NO3. The number of carbonyl (C=O) groups is 2. The highest BCUT2D eigenvalue weighted by Gasteiger charge is 2.34. The summed E-state index contributed by atoms with van der Waals surface area (Å²) < 4.78 is 5.99. The van der Waals surface area contributed by atoms with Crippen LogP contribution in [0.1, 0.15) is 59.2 Å². The van der Waals surface area contributed by atoms with Crippen molar-refractivity contribution in [2.45, 2.75) is 38.5 Å². The third-order valence-corrected chi connectivity index (χ3v) is 5.66. The van der Waals surface area contributed by atoms with Crippen LogP contribution in [0, 0.1) is 0 Å². The average Bonchev–Trinajstić information content (AvgIpc) is 3.03. The van der Waals surface area contributed by atoms with Gasteiger partial charge < -0.3 is 4.74 Å². The predicted octanol–water partition coefficient (Wildman–Crippen LogP) is 5.86. The number of rotatable bonds is 10. The number of hydrogen-bond donors (Lipinski definition) is 0. The molecule has 0 saturated carbocycles. The molecule has 0 radical (unpaired) electrons. The van der Waals surface area contributed by atoms with E-state index >= 15 is 0 Å². The Kier molecular flexibility index (Phi) is 6.43. The molecule has 4 nitrogen and oxygen atoms in total. The van der Waals surface area contributed by atoms with Crippen LogP contribution >= 0.6 is 0 Å². The Morgan fingerprint density at radius 3 is 2.00 bits per heavy atom. The van der Waals surface area contributed by atoms with Gasteiger partial charge in [0.25, 0.3) is 11.8 Å². The molecular weight excluding hydrogens is 374 g/mol. The Labute approximate surface area is 177 Å². The second-order valence-corrected chi connectivity index (χ2v) is 7.75. The maximum atomic E-state index is 12.3. The molecule has 154 valence electrons. The lowest BCUT2D eigenvalue weighted by Gasteiger charge is -2.13. The quantitative estimate of drug-likeness (QED) is 0.316. The first kappa shape index (κ1) is 20.1. The van der Waals surface area contributed by atoms with Gasteiger partial charge in [-0.05, 0) is 36.4 Å². The summed E-state index contributed by atoms with van der Waals surface area (Å²) in [6.07, 6.45) is 6.29. The van der Waals surface area contributed by atoms with Gasteiger partial charge in [-0.25, -0.2) is 0 Å². The lowest BCUT2D eigenvalue weighted by atomic mass is 10.1. The van der Waals surface area contributed by atoms with Crippen LogP contribution in [0.4, 0.5) is 0 Å². The van der Waals surface area contributed by atoms with Crippen molar-refractivity contribution in [2.24, 2.45) is 0 Å². The lowest BCUT2D eigenvalue weighted by molar-refractivity contribution is 0.0651. The summed E-state index contributed by atoms with van der Waals surface area (Å²) in [5.41, 5.74) is 1.07. The number of nitrogens with zero attached hydrogens (tertiary/aromatic N) is 1. The van der Waals surface area contributed by atoms with Crippen LogP contribution in [-0.2, 0) is 0 Å². The summed E-state index contributed by atoms with van der Waals surface area (Å²) in [6, 6.07) is 21.5. The predicted molar refractivity (Wildman–Crippen MR) is 119 cm³/mol. The molecule has 30 heavy (non-hydrogen) atoms. The Balaban J connectivity index is 1.10. The van der Waals surface area contributed by atoms with Crippen molar-refractivity contribution in [1.29, 1.82) is 0 Å². The molecule has 3 aromatic carbocycles. The number of ether oxygens (including phenoxy) is 1. The van der Waals surface area contributed by atoms with Crippen LogP contribution in [0.3, 0.4) is 0 Å². The fraction of sp³-hybridized carbons (Fsp3) is 0.308. The third kappa shape index (κ3) is 4.38. The molecule has 0 N–H and O–H groups in total. The van der Waals surface area contributed by atoms with Crippen LogP contribution in [0.2, 0.25) is 0 Å². The minimum atomic E-state index is -0.152. The van der Waals surface area contributed by atoms with E-state index in [1.54, 1.807) is 24.3 Å². The molecule has 0 bridgehead atoms. The molecule has 0 fully saturated rings. The minimum absolute atomic E-state index is 0.152. The molecule has 0 saturated heterocycles. The largest absolute Gasteiger partial charge is 0.493 e. The van der Waals surface area contributed by atoms with Gasteiger partial charge in [0.2, 0.25) is 0 Å². The Morgan fingerprint density at radius 1 is 0.633 bits per heavy atom. The molecule has 0 aliphatic carbocycles. The van der Waals surface area contributed by atoms with Crippen LogP contribution in [0.15, 0.2) is 66.7 Å². The van der Waals surface area contributed by atoms with Crippen LogP contribution < -0.4 is 4.74 Å². The van der Waals surface area contributed by atoms with Crippen molar-refractivity contribution in [3.05, 3.63) is 77.9 Å². The summed E-state index contributed by atoms with van der Waals surface area (Å²) in [4.78, 5) is 26.1. The molecule has 1 aliphatic rings. The zero-order chi connectivity index (χ0) is 20.8. The molecule has 4 rings (SSSR count). The highest BCUT2D eigenvalue weighted by atomic mass is 16.5. The molecule has 4 heteroatoms. The molecule has 3 aromatic rings. The molecule has 0 atom stereocenters. The van der Waals surface area contributed by atoms with Gasteiger partial charge in [0.1, 0.15) is 5.75 Å². The zero-order valence-electron chi connectivity index (χ0n) is 17.2. The van der Waals surface area contributed by atoms with Gasteiger partial charge in [-0.3, -0.25) is 14.5 Å². The number of unbranched alkanes of at least 4 members (excludes halogenated alkanes) is 5. The number of benzene rings is 3. The summed E-state index contributed by atoms with van der Waals surface area (Å²) >= 11 is 0. The van der Waals surface area contributed by atoms with Crippen molar-refractivity contribution < 1.29 is 14.3 Å². The first-order valence-electron chi connectivity index (χ1n) is 10.8.